The molecule has 0 radical (unpaired) electrons. The first kappa shape index (κ1) is 19.2. The number of pyridine rings is 1. The van der Waals surface area contributed by atoms with Crippen molar-refractivity contribution >= 4 is 11.8 Å². The zero-order valence-electron chi connectivity index (χ0n) is 15.4. The summed E-state index contributed by atoms with van der Waals surface area (Å²) in [5, 5.41) is 17.6. The van der Waals surface area contributed by atoms with Crippen LogP contribution >= 0.6 is 0 Å². The maximum absolute atomic E-state index is 12.2. The molecule has 0 aliphatic carbocycles. The minimum atomic E-state index is -0.198. The number of ether oxygens (including phenoxy) is 2. The molecule has 7 heteroatoms. The summed E-state index contributed by atoms with van der Waals surface area (Å²) >= 11 is 0. The van der Waals surface area contributed by atoms with Gasteiger partial charge in [0.1, 0.15) is 30.9 Å². The topological polar surface area (TPSA) is 99.2 Å². The summed E-state index contributed by atoms with van der Waals surface area (Å²) < 4.78 is 10.8. The number of rotatable bonds is 6. The zero-order valence-corrected chi connectivity index (χ0v) is 15.4. The molecule has 3 rings (SSSR count). The fourth-order valence-electron chi connectivity index (χ4n) is 3.03. The van der Waals surface area contributed by atoms with E-state index in [1.165, 1.54) is 0 Å². The van der Waals surface area contributed by atoms with Crippen molar-refractivity contribution in [3.8, 4) is 17.9 Å². The number of hydrogen-bond acceptors (Lipinski definition) is 7. The molecule has 0 saturated carbocycles. The van der Waals surface area contributed by atoms with Gasteiger partial charge >= 0.3 is 5.97 Å². The van der Waals surface area contributed by atoms with Crippen molar-refractivity contribution in [3.63, 3.8) is 0 Å². The minimum Gasteiger partial charge on any atom is -0.490 e. The quantitative estimate of drug-likeness (QED) is 0.564. The molecule has 1 aromatic carbocycles. The van der Waals surface area contributed by atoms with Crippen LogP contribution in [0.25, 0.3) is 0 Å². The number of carbonyl (C=O) groups excluding carboxylic acids is 1. The fourth-order valence-corrected chi connectivity index (χ4v) is 3.03. The molecule has 2 aromatic rings. The highest BCUT2D eigenvalue weighted by Gasteiger charge is 2.26. The molecule has 1 aromatic heterocycles. The van der Waals surface area contributed by atoms with E-state index in [0.29, 0.717) is 29.7 Å². The summed E-state index contributed by atoms with van der Waals surface area (Å²) in [6, 6.07) is 14.5. The van der Waals surface area contributed by atoms with E-state index >= 15 is 0 Å². The second-order valence-corrected chi connectivity index (χ2v) is 6.43. The van der Waals surface area contributed by atoms with E-state index in [0.717, 1.165) is 18.9 Å². The van der Waals surface area contributed by atoms with Crippen molar-refractivity contribution in [1.82, 2.24) is 4.98 Å². The molecule has 0 N–H and O–H groups in total. The second-order valence-electron chi connectivity index (χ2n) is 6.43. The summed E-state index contributed by atoms with van der Waals surface area (Å²) in [4.78, 5) is 18.6. The van der Waals surface area contributed by atoms with E-state index < -0.39 is 0 Å². The average Bonchev–Trinajstić information content (AvgIpc) is 2.77. The molecule has 0 unspecified atom stereocenters. The predicted molar refractivity (Wildman–Crippen MR) is 102 cm³/mol. The lowest BCUT2D eigenvalue weighted by Gasteiger charge is -2.31. The van der Waals surface area contributed by atoms with Crippen LogP contribution in [0.3, 0.4) is 0 Å². The van der Waals surface area contributed by atoms with Gasteiger partial charge in [0.05, 0.1) is 23.1 Å². The van der Waals surface area contributed by atoms with Gasteiger partial charge in [-0.1, -0.05) is 0 Å². The first-order valence-corrected chi connectivity index (χ1v) is 9.10. The number of hydrogen-bond donors (Lipinski definition) is 0. The molecule has 2 heterocycles. The number of benzene rings is 1. The van der Waals surface area contributed by atoms with E-state index in [9.17, 15) is 4.79 Å². The van der Waals surface area contributed by atoms with Gasteiger partial charge in [0, 0.05) is 19.3 Å². The highest BCUT2D eigenvalue weighted by atomic mass is 16.6. The van der Waals surface area contributed by atoms with Gasteiger partial charge in [-0.3, -0.25) is 4.79 Å². The molecule has 0 bridgehead atoms. The van der Waals surface area contributed by atoms with Crippen molar-refractivity contribution in [3.05, 3.63) is 53.7 Å². The van der Waals surface area contributed by atoms with Gasteiger partial charge in [0.15, 0.2) is 0 Å². The summed E-state index contributed by atoms with van der Waals surface area (Å²) in [5.74, 6) is 1.14. The fraction of sp³-hybridized carbons (Fsp3) is 0.333. The maximum Gasteiger partial charge on any atom is 0.309 e. The van der Waals surface area contributed by atoms with E-state index in [4.69, 9.17) is 20.0 Å². The maximum atomic E-state index is 12.2. The Morgan fingerprint density at radius 2 is 1.71 bits per heavy atom. The molecule has 7 nitrogen and oxygen atoms in total. The molecule has 1 aliphatic heterocycles. The summed E-state index contributed by atoms with van der Waals surface area (Å²) in [5.41, 5.74) is 1.10. The minimum absolute atomic E-state index is 0.121. The van der Waals surface area contributed by atoms with Crippen molar-refractivity contribution in [2.24, 2.45) is 5.92 Å². The average molecular weight is 376 g/mol. The van der Waals surface area contributed by atoms with Crippen LogP contribution in [-0.2, 0) is 9.53 Å². The highest BCUT2D eigenvalue weighted by molar-refractivity contribution is 5.72. The molecule has 1 fully saturated rings. The van der Waals surface area contributed by atoms with Gasteiger partial charge in [-0.25, -0.2) is 4.98 Å². The zero-order chi connectivity index (χ0) is 19.8. The second kappa shape index (κ2) is 9.38. The van der Waals surface area contributed by atoms with Crippen molar-refractivity contribution < 1.29 is 14.3 Å². The summed E-state index contributed by atoms with van der Waals surface area (Å²) in [7, 11) is 0. The predicted octanol–water partition coefficient (Wildman–Crippen LogP) is 2.66. The SMILES string of the molecule is N#Cc1ccc(OCCOC(=O)C2CCN(c3ccc(C#N)cn3)CC2)cc1. The Bertz CT molecular complexity index is 874. The Hall–Kier alpha value is -3.58. The van der Waals surface area contributed by atoms with E-state index in [1.807, 2.05) is 12.1 Å². The standard InChI is InChI=1S/C21H20N4O3/c22-13-16-1-4-19(5-2-16)27-11-12-28-21(26)18-7-9-25(10-8-18)20-6-3-17(14-23)15-24-20/h1-6,15,18H,7-12H2. The Morgan fingerprint density at radius 1 is 1.04 bits per heavy atom. The normalized spacial score (nSPS) is 14.0. The molecule has 1 saturated heterocycles. The highest BCUT2D eigenvalue weighted by Crippen LogP contribution is 2.23. The number of anilines is 1. The third-order valence-electron chi connectivity index (χ3n) is 4.61. The molecular weight excluding hydrogens is 356 g/mol. The molecule has 28 heavy (non-hydrogen) atoms. The van der Waals surface area contributed by atoms with Crippen molar-refractivity contribution in [2.45, 2.75) is 12.8 Å². The number of nitriles is 2. The van der Waals surface area contributed by atoms with Gasteiger partial charge in [-0.15, -0.1) is 0 Å². The van der Waals surface area contributed by atoms with Gasteiger partial charge in [-0.05, 0) is 49.2 Å². The summed E-state index contributed by atoms with van der Waals surface area (Å²) in [6.07, 6.45) is 2.97. The van der Waals surface area contributed by atoms with Crippen LogP contribution in [0.1, 0.15) is 24.0 Å². The van der Waals surface area contributed by atoms with Crippen LogP contribution in [0.2, 0.25) is 0 Å². The van der Waals surface area contributed by atoms with Crippen LogP contribution < -0.4 is 9.64 Å². The molecule has 0 atom stereocenters. The van der Waals surface area contributed by atoms with E-state index in [2.05, 4.69) is 16.0 Å². The van der Waals surface area contributed by atoms with Gasteiger partial charge in [0.2, 0.25) is 0 Å². The lowest BCUT2D eigenvalue weighted by Crippen LogP contribution is -2.37. The lowest BCUT2D eigenvalue weighted by atomic mass is 9.97. The number of piperidine rings is 1. The Labute approximate surface area is 163 Å². The van der Waals surface area contributed by atoms with Crippen molar-refractivity contribution in [2.75, 3.05) is 31.2 Å². The number of esters is 1. The van der Waals surface area contributed by atoms with Gasteiger partial charge in [0.25, 0.3) is 0 Å². The van der Waals surface area contributed by atoms with Crippen molar-refractivity contribution in [1.29, 1.82) is 10.5 Å². The van der Waals surface area contributed by atoms with Gasteiger partial charge < -0.3 is 14.4 Å². The molecule has 142 valence electrons. The lowest BCUT2D eigenvalue weighted by molar-refractivity contribution is -0.150. The molecule has 0 amide bonds. The van der Waals surface area contributed by atoms with Crippen LogP contribution in [0.4, 0.5) is 5.82 Å². The van der Waals surface area contributed by atoms with Crippen LogP contribution in [0.15, 0.2) is 42.6 Å². The Kier molecular flexibility index (Phi) is 6.43. The third-order valence-corrected chi connectivity index (χ3v) is 4.61. The number of nitrogens with zero attached hydrogens (tertiary/aromatic N) is 4. The van der Waals surface area contributed by atoms with Crippen LogP contribution in [0.5, 0.6) is 5.75 Å². The van der Waals surface area contributed by atoms with Gasteiger partial charge in [-0.2, -0.15) is 10.5 Å². The first-order valence-electron chi connectivity index (χ1n) is 9.10. The van der Waals surface area contributed by atoms with Crippen LogP contribution in [0, 0.1) is 28.6 Å². The first-order chi connectivity index (χ1) is 13.7. The summed E-state index contributed by atoms with van der Waals surface area (Å²) in [6.45, 7) is 1.91. The largest absolute Gasteiger partial charge is 0.490 e. The number of carbonyl (C=O) groups is 1. The van der Waals surface area contributed by atoms with E-state index in [-0.39, 0.29) is 25.1 Å². The Morgan fingerprint density at radius 3 is 2.32 bits per heavy atom. The molecular formula is C21H20N4O3. The smallest absolute Gasteiger partial charge is 0.309 e. The van der Waals surface area contributed by atoms with Crippen LogP contribution in [-0.4, -0.2) is 37.3 Å². The number of aromatic nitrogens is 1. The van der Waals surface area contributed by atoms with E-state index in [1.54, 1.807) is 36.5 Å². The Balaban J connectivity index is 1.37. The molecule has 1 aliphatic rings. The molecule has 0 spiro atoms. The third kappa shape index (κ3) is 4.99. The monoisotopic (exact) mass is 376 g/mol.